The summed E-state index contributed by atoms with van der Waals surface area (Å²) in [5, 5.41) is 19.3. The van der Waals surface area contributed by atoms with E-state index >= 15 is 0 Å². The Kier molecular flexibility index (Phi) is 4.02. The molecule has 2 N–H and O–H groups in total. The van der Waals surface area contributed by atoms with E-state index < -0.39 is 15.0 Å². The number of phenols is 1. The van der Waals surface area contributed by atoms with Crippen molar-refractivity contribution in [2.45, 2.75) is 4.90 Å². The third kappa shape index (κ3) is 3.21. The van der Waals surface area contributed by atoms with Crippen LogP contribution in [-0.2, 0) is 10.1 Å². The highest BCUT2D eigenvalue weighted by Gasteiger charge is 2.20. The molecule has 4 rings (SSSR count). The van der Waals surface area contributed by atoms with Crippen LogP contribution < -0.4 is 0 Å². The zero-order valence-corrected chi connectivity index (χ0v) is 14.5. The van der Waals surface area contributed by atoms with Gasteiger partial charge in [0.15, 0.2) is 5.75 Å². The predicted molar refractivity (Wildman–Crippen MR) is 99.1 cm³/mol. The molecule has 0 aliphatic heterocycles. The highest BCUT2D eigenvalue weighted by molar-refractivity contribution is 7.86. The molecule has 4 aromatic rings. The molecular formula is C18H12N4O4S. The number of para-hydroxylation sites is 1. The third-order valence-electron chi connectivity index (χ3n) is 3.94. The molecule has 0 saturated heterocycles. The van der Waals surface area contributed by atoms with Crippen LogP contribution >= 0.6 is 0 Å². The Bertz CT molecular complexity index is 1320. The molecule has 0 radical (unpaired) electrons. The van der Waals surface area contributed by atoms with Crippen molar-refractivity contribution in [3.8, 4) is 5.75 Å². The number of pyridine rings is 2. The van der Waals surface area contributed by atoms with Gasteiger partial charge in [0.1, 0.15) is 21.8 Å². The SMILES string of the molecule is O=S(=O)(O)c1cc(N=Nc2cnc3ccccc3c2)c(O)c2ncccc12. The first kappa shape index (κ1) is 17.0. The van der Waals surface area contributed by atoms with Gasteiger partial charge in [0.25, 0.3) is 10.1 Å². The highest BCUT2D eigenvalue weighted by atomic mass is 32.2. The molecule has 9 heteroatoms. The number of aromatic nitrogens is 2. The van der Waals surface area contributed by atoms with E-state index in [-0.39, 0.29) is 22.3 Å². The fourth-order valence-electron chi connectivity index (χ4n) is 2.70. The Morgan fingerprint density at radius 2 is 1.78 bits per heavy atom. The van der Waals surface area contributed by atoms with Crippen molar-refractivity contribution < 1.29 is 18.1 Å². The van der Waals surface area contributed by atoms with Crippen LogP contribution in [-0.4, -0.2) is 28.0 Å². The number of azo groups is 1. The number of nitrogens with zero attached hydrogens (tertiary/aromatic N) is 4. The Balaban J connectivity index is 1.85. The Morgan fingerprint density at radius 3 is 2.59 bits per heavy atom. The molecule has 2 heterocycles. The van der Waals surface area contributed by atoms with Gasteiger partial charge >= 0.3 is 0 Å². The number of hydrogen-bond acceptors (Lipinski definition) is 7. The number of benzene rings is 2. The van der Waals surface area contributed by atoms with Gasteiger partial charge in [-0.05, 0) is 30.3 Å². The highest BCUT2D eigenvalue weighted by Crippen LogP contribution is 2.38. The van der Waals surface area contributed by atoms with E-state index in [1.165, 1.54) is 24.5 Å². The van der Waals surface area contributed by atoms with Crippen molar-refractivity contribution in [1.29, 1.82) is 0 Å². The molecule has 2 aromatic heterocycles. The minimum absolute atomic E-state index is 0.00166. The number of fused-ring (bicyclic) bond motifs is 2. The number of rotatable bonds is 3. The van der Waals surface area contributed by atoms with Gasteiger partial charge in [-0.1, -0.05) is 18.2 Å². The summed E-state index contributed by atoms with van der Waals surface area (Å²) in [6.45, 7) is 0. The minimum Gasteiger partial charge on any atom is -0.504 e. The molecule has 134 valence electrons. The maximum Gasteiger partial charge on any atom is 0.295 e. The molecule has 0 saturated carbocycles. The maximum absolute atomic E-state index is 11.7. The first-order chi connectivity index (χ1) is 12.9. The Labute approximate surface area is 153 Å². The van der Waals surface area contributed by atoms with Gasteiger partial charge in [0.05, 0.1) is 11.7 Å². The quantitative estimate of drug-likeness (QED) is 0.406. The summed E-state index contributed by atoms with van der Waals surface area (Å²) < 4.78 is 32.9. The van der Waals surface area contributed by atoms with Crippen LogP contribution in [0.5, 0.6) is 5.75 Å². The lowest BCUT2D eigenvalue weighted by atomic mass is 10.2. The van der Waals surface area contributed by atoms with Gasteiger partial charge in [-0.3, -0.25) is 14.5 Å². The normalized spacial score (nSPS) is 12.2. The Morgan fingerprint density at radius 1 is 0.963 bits per heavy atom. The lowest BCUT2D eigenvalue weighted by Crippen LogP contribution is -1.99. The van der Waals surface area contributed by atoms with Crippen molar-refractivity contribution in [2.24, 2.45) is 10.2 Å². The lowest BCUT2D eigenvalue weighted by molar-refractivity contribution is 0.479. The van der Waals surface area contributed by atoms with Crippen LogP contribution in [0, 0.1) is 0 Å². The molecule has 0 aliphatic rings. The third-order valence-corrected chi connectivity index (χ3v) is 4.83. The summed E-state index contributed by atoms with van der Waals surface area (Å²) in [6.07, 6.45) is 2.90. The van der Waals surface area contributed by atoms with E-state index in [1.54, 1.807) is 6.07 Å². The van der Waals surface area contributed by atoms with Crippen LogP contribution in [0.1, 0.15) is 0 Å². The molecule has 0 amide bonds. The van der Waals surface area contributed by atoms with Gasteiger partial charge in [-0.25, -0.2) is 0 Å². The van der Waals surface area contributed by atoms with Crippen molar-refractivity contribution in [1.82, 2.24) is 9.97 Å². The van der Waals surface area contributed by atoms with Crippen LogP contribution in [0.15, 0.2) is 76.0 Å². The van der Waals surface area contributed by atoms with E-state index in [0.717, 1.165) is 17.0 Å². The van der Waals surface area contributed by atoms with E-state index in [1.807, 2.05) is 24.3 Å². The molecule has 0 fully saturated rings. The fourth-order valence-corrected chi connectivity index (χ4v) is 3.40. The van der Waals surface area contributed by atoms with Crippen molar-refractivity contribution in [3.63, 3.8) is 0 Å². The molecule has 0 spiro atoms. The fraction of sp³-hybridized carbons (Fsp3) is 0. The van der Waals surface area contributed by atoms with Gasteiger partial charge in [-0.2, -0.15) is 8.42 Å². The molecule has 0 unspecified atom stereocenters. The van der Waals surface area contributed by atoms with E-state index in [2.05, 4.69) is 20.2 Å². The zero-order valence-electron chi connectivity index (χ0n) is 13.7. The predicted octanol–water partition coefficient (Wildman–Crippen LogP) is 4.15. The van der Waals surface area contributed by atoms with Crippen molar-refractivity contribution in [3.05, 3.63) is 60.9 Å². The summed E-state index contributed by atoms with van der Waals surface area (Å²) >= 11 is 0. The number of aromatic hydroxyl groups is 1. The largest absolute Gasteiger partial charge is 0.504 e. The second kappa shape index (κ2) is 6.38. The van der Waals surface area contributed by atoms with Crippen molar-refractivity contribution >= 4 is 43.3 Å². The molecule has 0 atom stereocenters. The van der Waals surface area contributed by atoms with E-state index in [0.29, 0.717) is 5.69 Å². The number of phenolic OH excluding ortho intramolecular Hbond substituents is 1. The molecule has 2 aromatic carbocycles. The average molecular weight is 380 g/mol. The summed E-state index contributed by atoms with van der Waals surface area (Å²) in [6, 6.07) is 13.2. The number of hydrogen-bond donors (Lipinski definition) is 2. The summed E-state index contributed by atoms with van der Waals surface area (Å²) in [5.74, 6) is -0.338. The van der Waals surface area contributed by atoms with Gasteiger partial charge in [-0.15, -0.1) is 10.2 Å². The zero-order chi connectivity index (χ0) is 19.0. The molecule has 27 heavy (non-hydrogen) atoms. The molecule has 0 bridgehead atoms. The minimum atomic E-state index is -4.55. The molecule has 0 aliphatic carbocycles. The van der Waals surface area contributed by atoms with Gasteiger partial charge in [0.2, 0.25) is 0 Å². The smallest absolute Gasteiger partial charge is 0.295 e. The maximum atomic E-state index is 11.7. The molecular weight excluding hydrogens is 368 g/mol. The Hall–Kier alpha value is -3.43. The van der Waals surface area contributed by atoms with E-state index in [9.17, 15) is 18.1 Å². The van der Waals surface area contributed by atoms with Crippen LogP contribution in [0.3, 0.4) is 0 Å². The topological polar surface area (TPSA) is 125 Å². The van der Waals surface area contributed by atoms with Crippen LogP contribution in [0.2, 0.25) is 0 Å². The monoisotopic (exact) mass is 380 g/mol. The van der Waals surface area contributed by atoms with E-state index in [4.69, 9.17) is 0 Å². The summed E-state index contributed by atoms with van der Waals surface area (Å²) in [5.41, 5.74) is 1.07. The van der Waals surface area contributed by atoms with Crippen LogP contribution in [0.25, 0.3) is 21.8 Å². The standard InChI is InChI=1S/C18H12N4O4S/c23-18-15(9-16(27(24,25)26)13-5-3-7-19-17(13)18)22-21-12-8-11-4-1-2-6-14(11)20-10-12/h1-10,23H,(H,24,25,26). The second-order valence-corrected chi connectivity index (χ2v) is 7.09. The first-order valence-electron chi connectivity index (χ1n) is 7.78. The summed E-state index contributed by atoms with van der Waals surface area (Å²) in [7, 11) is -4.55. The van der Waals surface area contributed by atoms with Crippen LogP contribution in [0.4, 0.5) is 11.4 Å². The lowest BCUT2D eigenvalue weighted by Gasteiger charge is -2.07. The second-order valence-electron chi connectivity index (χ2n) is 5.70. The summed E-state index contributed by atoms with van der Waals surface area (Å²) in [4.78, 5) is 7.82. The first-order valence-corrected chi connectivity index (χ1v) is 9.22. The molecule has 8 nitrogen and oxygen atoms in total. The van der Waals surface area contributed by atoms with Crippen molar-refractivity contribution in [2.75, 3.05) is 0 Å². The van der Waals surface area contributed by atoms with Gasteiger partial charge < -0.3 is 5.11 Å². The van der Waals surface area contributed by atoms with Gasteiger partial charge in [0, 0.05) is 17.0 Å². The average Bonchev–Trinajstić information content (AvgIpc) is 2.66.